The number of hydrogen-bond acceptors (Lipinski definition) is 16. The second kappa shape index (κ2) is 37.6. The van der Waals surface area contributed by atoms with Crippen LogP contribution in [0.1, 0.15) is 143 Å². The normalized spacial score (nSPS) is 20.3. The van der Waals surface area contributed by atoms with Crippen molar-refractivity contribution in [1.29, 1.82) is 0 Å². The molecule has 2 bridgehead atoms. The van der Waals surface area contributed by atoms with Crippen molar-refractivity contribution in [2.24, 2.45) is 35.3 Å². The third kappa shape index (κ3) is 22.0. The number of rotatable bonds is 38. The quantitative estimate of drug-likeness (QED) is 0.0330. The maximum atomic E-state index is 14.5. The van der Waals surface area contributed by atoms with Crippen LogP contribution in [0, 0.1) is 29.6 Å². The lowest BCUT2D eigenvalue weighted by Gasteiger charge is -2.41. The molecule has 2 saturated heterocycles. The highest BCUT2D eigenvalue weighted by Crippen LogP contribution is 2.41. The minimum Gasteiger partial charge on any atom is -0.444 e. The van der Waals surface area contributed by atoms with Gasteiger partial charge in [0.1, 0.15) is 24.7 Å². The number of benzene rings is 2. The number of aliphatic hydroxyl groups excluding tert-OH is 1. The fourth-order valence-corrected chi connectivity index (χ4v) is 13.9. The van der Waals surface area contributed by atoms with Gasteiger partial charge >= 0.3 is 12.1 Å². The van der Waals surface area contributed by atoms with Crippen molar-refractivity contribution in [2.45, 2.75) is 206 Å². The molecule has 1 saturated carbocycles. The van der Waals surface area contributed by atoms with E-state index < -0.39 is 90.8 Å². The number of urea groups is 1. The summed E-state index contributed by atoms with van der Waals surface area (Å²) in [6.45, 7) is 13.4. The van der Waals surface area contributed by atoms with E-state index in [-0.39, 0.29) is 117 Å². The molecule has 12 amide bonds. The lowest BCUT2D eigenvalue weighted by Crippen LogP contribution is -2.60. The summed E-state index contributed by atoms with van der Waals surface area (Å²) < 4.78 is 17.6. The van der Waals surface area contributed by atoms with Crippen LogP contribution in [0.25, 0.3) is 0 Å². The lowest BCUT2D eigenvalue weighted by molar-refractivity contribution is -0.148. The Hall–Kier alpha value is -8.01. The Morgan fingerprint density at radius 2 is 1.46 bits per heavy atom. The number of nitrogens with two attached hydrogens (primary N) is 1. The van der Waals surface area contributed by atoms with Gasteiger partial charge in [-0.3, -0.25) is 58.3 Å². The summed E-state index contributed by atoms with van der Waals surface area (Å²) in [5.74, 6) is -4.37. The number of amides is 12. The number of likely N-dealkylation sites (tertiary alicyclic amines) is 2. The van der Waals surface area contributed by atoms with Gasteiger partial charge in [-0.15, -0.1) is 0 Å². The third-order valence-electron chi connectivity index (χ3n) is 19.5. The van der Waals surface area contributed by atoms with Gasteiger partial charge in [0.15, 0.2) is 0 Å². The Labute approximate surface area is 570 Å². The summed E-state index contributed by atoms with van der Waals surface area (Å²) in [6.07, 6.45) is 7.43. The molecule has 536 valence electrons. The number of methoxy groups -OCH3 is 2. The van der Waals surface area contributed by atoms with Crippen molar-refractivity contribution < 1.29 is 72.1 Å². The van der Waals surface area contributed by atoms with Crippen molar-refractivity contribution in [3.8, 4) is 0 Å². The number of nitrogens with one attached hydrogen (secondary N) is 7. The molecule has 0 radical (unpaired) electrons. The van der Waals surface area contributed by atoms with Gasteiger partial charge in [0, 0.05) is 76.9 Å². The number of fused-ring (bicyclic) bond motifs is 2. The Morgan fingerprint density at radius 1 is 0.763 bits per heavy atom. The summed E-state index contributed by atoms with van der Waals surface area (Å²) in [6, 6.07) is 8.14. The van der Waals surface area contributed by atoms with Crippen molar-refractivity contribution >= 4 is 76.7 Å². The monoisotopic (exact) mass is 1350 g/mol. The van der Waals surface area contributed by atoms with Gasteiger partial charge in [-0.25, -0.2) is 9.59 Å². The number of ether oxygens (including phenoxy) is 3. The van der Waals surface area contributed by atoms with Gasteiger partial charge in [-0.05, 0) is 130 Å². The summed E-state index contributed by atoms with van der Waals surface area (Å²) in [4.78, 5) is 152. The first-order valence-electron chi connectivity index (χ1n) is 34.3. The number of primary amides is 1. The number of anilines is 2. The summed E-state index contributed by atoms with van der Waals surface area (Å²) in [7, 11) is 6.77. The molecule has 2 aromatic carbocycles. The minimum atomic E-state index is -1.09. The Morgan fingerprint density at radius 3 is 2.08 bits per heavy atom. The van der Waals surface area contributed by atoms with Crippen LogP contribution < -0.4 is 43.0 Å². The lowest BCUT2D eigenvalue weighted by atomic mass is 9.89. The molecule has 0 unspecified atom stereocenters. The smallest absolute Gasteiger partial charge is 0.411 e. The minimum absolute atomic E-state index is 0.0379. The molecule has 10 N–H and O–H groups in total. The molecule has 3 heterocycles. The second-order valence-electron chi connectivity index (χ2n) is 27.1. The molecule has 3 aliphatic heterocycles. The van der Waals surface area contributed by atoms with Crippen molar-refractivity contribution in [2.75, 3.05) is 65.2 Å². The van der Waals surface area contributed by atoms with Crippen LogP contribution in [0.5, 0.6) is 0 Å². The van der Waals surface area contributed by atoms with Crippen molar-refractivity contribution in [1.82, 2.24) is 46.2 Å². The van der Waals surface area contributed by atoms with Crippen LogP contribution in [0.15, 0.2) is 60.7 Å². The summed E-state index contributed by atoms with van der Waals surface area (Å²) in [5.41, 5.74) is 7.25. The van der Waals surface area contributed by atoms with Crippen LogP contribution in [-0.2, 0) is 70.4 Å². The highest BCUT2D eigenvalue weighted by Gasteiger charge is 2.49. The Kier molecular flexibility index (Phi) is 30.3. The number of imide groups is 1. The fourth-order valence-electron chi connectivity index (χ4n) is 13.9. The van der Waals surface area contributed by atoms with Gasteiger partial charge in [0.25, 0.3) is 11.8 Å². The zero-order valence-electron chi connectivity index (χ0n) is 58.4. The number of nitrogens with zero attached hydrogens (tertiary/aromatic N) is 4. The van der Waals surface area contributed by atoms with Gasteiger partial charge < -0.3 is 66.8 Å². The maximum absolute atomic E-state index is 14.5. The number of unbranched alkanes of at least 4 members (excludes halogenated alkanes) is 2. The molecule has 6 rings (SSSR count). The summed E-state index contributed by atoms with van der Waals surface area (Å²) in [5, 5.41) is 30.1. The maximum Gasteiger partial charge on any atom is 0.411 e. The van der Waals surface area contributed by atoms with Crippen molar-refractivity contribution in [3.05, 3.63) is 71.8 Å². The van der Waals surface area contributed by atoms with E-state index in [0.717, 1.165) is 24.2 Å². The number of hydrogen-bond donors (Lipinski definition) is 9. The molecule has 0 aromatic heterocycles. The molecule has 4 aliphatic rings. The van der Waals surface area contributed by atoms with Crippen LogP contribution in [0.2, 0.25) is 0 Å². The number of piperidine rings is 1. The molecule has 3 fully saturated rings. The zero-order chi connectivity index (χ0) is 71.2. The second-order valence-corrected chi connectivity index (χ2v) is 27.1. The first-order chi connectivity index (χ1) is 46.2. The van der Waals surface area contributed by atoms with Crippen LogP contribution in [-0.4, -0.2) is 205 Å². The van der Waals surface area contributed by atoms with E-state index in [0.29, 0.717) is 73.6 Å². The molecular formula is C70H106N12O15. The Balaban J connectivity index is 0.975. The van der Waals surface area contributed by atoms with Crippen LogP contribution >= 0.6 is 0 Å². The number of carbonyl (C=O) groups excluding carboxylic acids is 11. The average Bonchev–Trinajstić information content (AvgIpc) is 1.66. The topological polar surface area (TPSA) is 359 Å². The molecule has 2 aromatic rings. The van der Waals surface area contributed by atoms with E-state index in [1.807, 2.05) is 34.7 Å². The standard InChI is InChI=1S/C70H106N12O15/c1-12-43(6)61(80(9)68(92)60(42(4)5)78-67(91)62-47-26-29-51(37-47)79(62)8)54(95-10)38-58(87)81-34-18-22-53(81)63(96-11)44(7)64(88)74-50(39-83)36-46-19-16-20-49(35-46)75-70(94)97-40-45-24-27-48(28-25-45)73-65(89)52(21-17-32-72-69(71)93)76-66(90)59(41(2)3)77-55(84)23-14-13-15-33-82-56(85)30-31-57(82)86/h16,19-20,24-25,27-28,30-31,35,41-44,47,50-54,59-63,83H,12-15,17-18,21-23,26,29,32-34,36-40H2,1-11H3,(H,73,89)(H,74,88)(H,75,94)(H,76,90)(H,77,84)(H,78,91)(H3,71,72,93)/t43-,44+,47-,50-,51+,52-,53-,54+,59-,60-,61-,62-,63+/m0/s1. The molecule has 97 heavy (non-hydrogen) atoms. The van der Waals surface area contributed by atoms with Gasteiger partial charge in [-0.1, -0.05) is 85.6 Å². The molecule has 13 atom stereocenters. The molecular weight excluding hydrogens is 1250 g/mol. The number of carbonyl (C=O) groups is 11. The first kappa shape index (κ1) is 78.0. The van der Waals surface area contributed by atoms with E-state index in [9.17, 15) is 57.8 Å². The number of likely N-dealkylation sites (N-methyl/N-ethyl adjacent to an activating group) is 2. The van der Waals surface area contributed by atoms with E-state index >= 15 is 0 Å². The van der Waals surface area contributed by atoms with E-state index in [2.05, 4.69) is 42.1 Å². The van der Waals surface area contributed by atoms with Crippen LogP contribution in [0.4, 0.5) is 21.0 Å². The van der Waals surface area contributed by atoms with Crippen LogP contribution in [0.3, 0.4) is 0 Å². The first-order valence-corrected chi connectivity index (χ1v) is 34.3. The highest BCUT2D eigenvalue weighted by molar-refractivity contribution is 6.12. The highest BCUT2D eigenvalue weighted by atomic mass is 16.5. The summed E-state index contributed by atoms with van der Waals surface area (Å²) >= 11 is 0. The molecule has 0 spiro atoms. The van der Waals surface area contributed by atoms with Gasteiger partial charge in [0.2, 0.25) is 41.4 Å². The van der Waals surface area contributed by atoms with Crippen molar-refractivity contribution in [3.63, 3.8) is 0 Å². The van der Waals surface area contributed by atoms with E-state index in [1.165, 1.54) is 19.3 Å². The van der Waals surface area contributed by atoms with Gasteiger partial charge in [0.05, 0.1) is 55.3 Å². The number of aliphatic hydroxyl groups is 1. The SMILES string of the molecule is CC[C@H](C)[C@@H]([C@@H](CC(=O)N1CCC[C@H]1[C@H](OC)[C@@H](C)C(=O)N[C@H](CO)Cc1cccc(NC(=O)OCc2ccc(NC(=O)[C@H](CCCNC(N)=O)NC(=O)[C@@H](NC(=O)CCCCCN3C(=O)C=CC3=O)C(C)C)cc2)c1)OC)N(C)C(=O)[C@@H](NC(=O)[C@@H]1[C@H]2CC[C@H](C2)N1C)C(C)C. The predicted molar refractivity (Wildman–Crippen MR) is 363 cm³/mol. The Bertz CT molecular complexity index is 3050. The molecule has 27 heteroatoms. The predicted octanol–water partition coefficient (Wildman–Crippen LogP) is 4.50. The molecule has 1 aliphatic carbocycles. The van der Waals surface area contributed by atoms with E-state index in [4.69, 9.17) is 19.9 Å². The third-order valence-corrected chi connectivity index (χ3v) is 19.5. The molecule has 27 nitrogen and oxygen atoms in total. The van der Waals surface area contributed by atoms with E-state index in [1.54, 1.807) is 93.3 Å². The zero-order valence-corrected chi connectivity index (χ0v) is 58.4. The fraction of sp³-hybridized carbons (Fsp3) is 0.643. The average molecular weight is 1360 g/mol. The van der Waals surface area contributed by atoms with Gasteiger partial charge in [-0.2, -0.15) is 0 Å². The largest absolute Gasteiger partial charge is 0.444 e.